The fraction of sp³-hybridized carbons (Fsp3) is 0.929. The maximum Gasteiger partial charge on any atom is 0.223 e. The van der Waals surface area contributed by atoms with Gasteiger partial charge in [0.15, 0.2) is 0 Å². The van der Waals surface area contributed by atoms with Gasteiger partial charge in [0.1, 0.15) is 0 Å². The number of thioether (sulfide) groups is 1. The Hall–Kier alpha value is 0.0700. The molecule has 1 aliphatic carbocycles. The second kappa shape index (κ2) is 7.75. The highest BCUT2D eigenvalue weighted by atomic mass is 35.5. The molecule has 1 unspecified atom stereocenters. The van der Waals surface area contributed by atoms with Crippen molar-refractivity contribution in [1.82, 2.24) is 4.90 Å². The Bertz CT molecular complexity index is 295. The van der Waals surface area contributed by atoms with E-state index in [4.69, 9.17) is 5.73 Å². The minimum atomic E-state index is 0. The lowest BCUT2D eigenvalue weighted by Crippen LogP contribution is -2.47. The maximum absolute atomic E-state index is 12.5. The first kappa shape index (κ1) is 17.1. The maximum atomic E-state index is 12.5. The van der Waals surface area contributed by atoms with E-state index >= 15 is 0 Å². The molecular weight excluding hydrogens is 280 g/mol. The van der Waals surface area contributed by atoms with Crippen LogP contribution < -0.4 is 5.73 Å². The molecule has 1 saturated heterocycles. The SMILES string of the molecule is CC1CSCCN1C(=O)CC1(CN)CCCCC1.Cl. The number of nitrogens with zero attached hydrogens (tertiary/aromatic N) is 1. The van der Waals surface area contributed by atoms with Gasteiger partial charge in [0.05, 0.1) is 0 Å². The monoisotopic (exact) mass is 306 g/mol. The Morgan fingerprint density at radius 2 is 2.05 bits per heavy atom. The van der Waals surface area contributed by atoms with E-state index in [1.54, 1.807) is 0 Å². The van der Waals surface area contributed by atoms with Crippen LogP contribution in [-0.4, -0.2) is 41.4 Å². The first-order chi connectivity index (χ1) is 8.67. The number of hydrogen-bond donors (Lipinski definition) is 1. The van der Waals surface area contributed by atoms with E-state index in [-0.39, 0.29) is 17.8 Å². The van der Waals surface area contributed by atoms with Gasteiger partial charge in [-0.05, 0) is 31.7 Å². The summed E-state index contributed by atoms with van der Waals surface area (Å²) in [4.78, 5) is 14.6. The number of nitrogens with two attached hydrogens (primary N) is 1. The lowest BCUT2D eigenvalue weighted by atomic mass is 9.71. The van der Waals surface area contributed by atoms with Gasteiger partial charge >= 0.3 is 0 Å². The molecule has 1 heterocycles. The van der Waals surface area contributed by atoms with Crippen LogP contribution in [0.25, 0.3) is 0 Å². The molecule has 2 N–H and O–H groups in total. The summed E-state index contributed by atoms with van der Waals surface area (Å²) >= 11 is 1.96. The smallest absolute Gasteiger partial charge is 0.223 e. The lowest BCUT2D eigenvalue weighted by Gasteiger charge is -2.39. The molecule has 3 nitrogen and oxygen atoms in total. The fourth-order valence-electron chi connectivity index (χ4n) is 3.27. The van der Waals surface area contributed by atoms with Crippen molar-refractivity contribution in [2.24, 2.45) is 11.1 Å². The second-order valence-electron chi connectivity index (χ2n) is 5.95. The molecule has 19 heavy (non-hydrogen) atoms. The molecule has 1 saturated carbocycles. The molecule has 0 spiro atoms. The van der Waals surface area contributed by atoms with Crippen LogP contribution >= 0.6 is 24.2 Å². The van der Waals surface area contributed by atoms with Gasteiger partial charge in [0, 0.05) is 30.5 Å². The molecule has 0 radical (unpaired) electrons. The van der Waals surface area contributed by atoms with E-state index in [1.165, 1.54) is 19.3 Å². The third-order valence-electron chi connectivity index (χ3n) is 4.56. The normalized spacial score (nSPS) is 26.6. The quantitative estimate of drug-likeness (QED) is 0.872. The number of halogens is 1. The molecule has 112 valence electrons. The molecule has 2 aliphatic rings. The highest BCUT2D eigenvalue weighted by Crippen LogP contribution is 2.39. The molecule has 0 aromatic carbocycles. The van der Waals surface area contributed by atoms with Crippen LogP contribution in [-0.2, 0) is 4.79 Å². The average molecular weight is 307 g/mol. The Morgan fingerprint density at radius 1 is 1.37 bits per heavy atom. The summed E-state index contributed by atoms with van der Waals surface area (Å²) in [6, 6.07) is 0.398. The minimum Gasteiger partial charge on any atom is -0.338 e. The van der Waals surface area contributed by atoms with Crippen LogP contribution in [0.5, 0.6) is 0 Å². The molecule has 0 bridgehead atoms. The average Bonchev–Trinajstić information content (AvgIpc) is 2.40. The van der Waals surface area contributed by atoms with Crippen molar-refractivity contribution < 1.29 is 4.79 Å². The summed E-state index contributed by atoms with van der Waals surface area (Å²) < 4.78 is 0. The van der Waals surface area contributed by atoms with Crippen molar-refractivity contribution >= 4 is 30.1 Å². The van der Waals surface area contributed by atoms with Crippen molar-refractivity contribution in [3.05, 3.63) is 0 Å². The third kappa shape index (κ3) is 4.27. The molecular formula is C14H27ClN2OS. The van der Waals surface area contributed by atoms with Crippen LogP contribution in [0.4, 0.5) is 0 Å². The standard InChI is InChI=1S/C14H26N2OS.ClH/c1-12-10-18-8-7-16(12)13(17)9-14(11-15)5-3-2-4-6-14;/h12H,2-11,15H2,1H3;1H. The Kier molecular flexibility index (Phi) is 6.98. The summed E-state index contributed by atoms with van der Waals surface area (Å²) in [5, 5.41) is 0. The van der Waals surface area contributed by atoms with E-state index in [9.17, 15) is 4.79 Å². The van der Waals surface area contributed by atoms with Gasteiger partial charge in [-0.3, -0.25) is 4.79 Å². The molecule has 1 atom stereocenters. The Morgan fingerprint density at radius 3 is 2.63 bits per heavy atom. The molecule has 2 rings (SSSR count). The zero-order chi connectivity index (χ0) is 13.0. The van der Waals surface area contributed by atoms with E-state index in [0.717, 1.165) is 30.9 Å². The van der Waals surface area contributed by atoms with Crippen LogP contribution in [0, 0.1) is 5.41 Å². The van der Waals surface area contributed by atoms with Crippen LogP contribution in [0.1, 0.15) is 45.4 Å². The van der Waals surface area contributed by atoms with Crippen LogP contribution in [0.15, 0.2) is 0 Å². The van der Waals surface area contributed by atoms with Gasteiger partial charge in [-0.15, -0.1) is 12.4 Å². The van der Waals surface area contributed by atoms with Crippen molar-refractivity contribution in [2.75, 3.05) is 24.6 Å². The van der Waals surface area contributed by atoms with Crippen LogP contribution in [0.2, 0.25) is 0 Å². The predicted molar refractivity (Wildman–Crippen MR) is 84.9 cm³/mol. The number of rotatable bonds is 3. The summed E-state index contributed by atoms with van der Waals surface area (Å²) in [6.45, 7) is 3.76. The topological polar surface area (TPSA) is 46.3 Å². The number of carbonyl (C=O) groups is 1. The van der Waals surface area contributed by atoms with Crippen molar-refractivity contribution in [2.45, 2.75) is 51.5 Å². The zero-order valence-electron chi connectivity index (χ0n) is 11.9. The van der Waals surface area contributed by atoms with E-state index in [0.29, 0.717) is 24.9 Å². The number of amides is 1. The molecule has 0 aromatic heterocycles. The predicted octanol–water partition coefficient (Wildman–Crippen LogP) is 2.67. The number of carbonyl (C=O) groups excluding carboxylic acids is 1. The highest BCUT2D eigenvalue weighted by molar-refractivity contribution is 7.99. The van der Waals surface area contributed by atoms with Gasteiger partial charge in [0.25, 0.3) is 0 Å². The van der Waals surface area contributed by atoms with Crippen molar-refractivity contribution in [1.29, 1.82) is 0 Å². The molecule has 0 aromatic rings. The number of hydrogen-bond acceptors (Lipinski definition) is 3. The Labute approximate surface area is 127 Å². The third-order valence-corrected chi connectivity index (χ3v) is 5.75. The van der Waals surface area contributed by atoms with Crippen LogP contribution in [0.3, 0.4) is 0 Å². The molecule has 2 fully saturated rings. The molecule has 1 aliphatic heterocycles. The Balaban J connectivity index is 0.00000180. The lowest BCUT2D eigenvalue weighted by molar-refractivity contribution is -0.135. The largest absolute Gasteiger partial charge is 0.338 e. The summed E-state index contributed by atoms with van der Waals surface area (Å²) in [5.41, 5.74) is 6.09. The fourth-order valence-corrected chi connectivity index (χ4v) is 4.29. The second-order valence-corrected chi connectivity index (χ2v) is 7.10. The van der Waals surface area contributed by atoms with Gasteiger partial charge < -0.3 is 10.6 Å². The van der Waals surface area contributed by atoms with Crippen molar-refractivity contribution in [3.8, 4) is 0 Å². The zero-order valence-corrected chi connectivity index (χ0v) is 13.5. The first-order valence-electron chi connectivity index (χ1n) is 7.24. The summed E-state index contributed by atoms with van der Waals surface area (Å²) in [6.07, 6.45) is 6.77. The van der Waals surface area contributed by atoms with E-state index < -0.39 is 0 Å². The summed E-state index contributed by atoms with van der Waals surface area (Å²) in [7, 11) is 0. The van der Waals surface area contributed by atoms with E-state index in [1.807, 2.05) is 11.8 Å². The molecule has 1 amide bonds. The minimum absolute atomic E-state index is 0. The van der Waals surface area contributed by atoms with E-state index in [2.05, 4.69) is 11.8 Å². The van der Waals surface area contributed by atoms with Crippen molar-refractivity contribution in [3.63, 3.8) is 0 Å². The molecule has 5 heteroatoms. The van der Waals surface area contributed by atoms with Gasteiger partial charge in [-0.25, -0.2) is 0 Å². The highest BCUT2D eigenvalue weighted by Gasteiger charge is 2.35. The first-order valence-corrected chi connectivity index (χ1v) is 8.40. The van der Waals surface area contributed by atoms with Gasteiger partial charge in [-0.1, -0.05) is 19.3 Å². The summed E-state index contributed by atoms with van der Waals surface area (Å²) in [5.74, 6) is 2.52. The van der Waals surface area contributed by atoms with Gasteiger partial charge in [0.2, 0.25) is 5.91 Å². The van der Waals surface area contributed by atoms with Gasteiger partial charge in [-0.2, -0.15) is 11.8 Å².